The zero-order valence-electron chi connectivity index (χ0n) is 20.1. The molecule has 1 N–H and O–H groups in total. The molecule has 9 nitrogen and oxygen atoms in total. The Labute approximate surface area is 216 Å². The topological polar surface area (TPSA) is 111 Å². The third-order valence-electron chi connectivity index (χ3n) is 5.80. The fourth-order valence-electron chi connectivity index (χ4n) is 3.78. The van der Waals surface area contributed by atoms with Crippen LogP contribution in [-0.4, -0.2) is 28.3 Å². The summed E-state index contributed by atoms with van der Waals surface area (Å²) in [7, 11) is 0. The first-order valence-corrected chi connectivity index (χ1v) is 12.5. The number of carbonyl (C=O) groups excluding carboxylic acids is 1. The van der Waals surface area contributed by atoms with Crippen LogP contribution >= 0.6 is 11.3 Å². The number of carbonyl (C=O) groups is 1. The maximum Gasteiger partial charge on any atom is 0.269 e. The Morgan fingerprint density at radius 3 is 2.57 bits per heavy atom. The van der Waals surface area contributed by atoms with Gasteiger partial charge in [0.05, 0.1) is 28.2 Å². The van der Waals surface area contributed by atoms with Crippen LogP contribution in [0.4, 0.5) is 17.1 Å². The number of nitrogens with zero attached hydrogens (tertiary/aromatic N) is 4. The van der Waals surface area contributed by atoms with Crippen molar-refractivity contribution in [1.82, 2.24) is 4.68 Å². The lowest BCUT2D eigenvalue weighted by Crippen LogP contribution is -2.25. The molecule has 0 spiro atoms. The van der Waals surface area contributed by atoms with Crippen molar-refractivity contribution in [1.29, 1.82) is 0 Å². The lowest BCUT2D eigenvalue weighted by atomic mass is 10.0. The smallest absolute Gasteiger partial charge is 0.269 e. The van der Waals surface area contributed by atoms with E-state index in [-0.39, 0.29) is 18.2 Å². The zero-order chi connectivity index (χ0) is 25.9. The van der Waals surface area contributed by atoms with Crippen LogP contribution in [0.15, 0.2) is 82.2 Å². The lowest BCUT2D eigenvalue weighted by Gasteiger charge is -2.18. The number of benzene rings is 3. The number of amides is 1. The van der Waals surface area contributed by atoms with Crippen LogP contribution in [0.1, 0.15) is 30.9 Å². The lowest BCUT2D eigenvalue weighted by molar-refractivity contribution is -0.384. The number of rotatable bonds is 6. The number of fused-ring (bicyclic) bond motifs is 1. The normalized spacial score (nSPS) is 13.5. The molecule has 1 aromatic heterocycles. The summed E-state index contributed by atoms with van der Waals surface area (Å²) in [6, 6.07) is 19.8. The first-order valence-electron chi connectivity index (χ1n) is 11.6. The van der Waals surface area contributed by atoms with Crippen molar-refractivity contribution in [3.63, 3.8) is 0 Å². The highest BCUT2D eigenvalue weighted by Crippen LogP contribution is 2.33. The number of non-ortho nitro benzene ring substituents is 1. The Morgan fingerprint density at radius 2 is 1.86 bits per heavy atom. The van der Waals surface area contributed by atoms with E-state index in [2.05, 4.69) is 36.4 Å². The standard InChI is InChI=1S/C27H23N5O4S/c1-17(2)19-5-8-21(9-6-19)29-27-31(28-14-18-3-10-22(11-4-18)32(34)35)24(16-37-27)20-7-12-25-23(13-20)30-26(33)15-36-25/h3-14,16-17H,15H2,1-2H3,(H,30,33). The van der Waals surface area contributed by atoms with Crippen LogP contribution in [0.25, 0.3) is 11.3 Å². The van der Waals surface area contributed by atoms with Gasteiger partial charge >= 0.3 is 0 Å². The quantitative estimate of drug-likeness (QED) is 0.203. The maximum absolute atomic E-state index is 11.8. The fraction of sp³-hybridized carbons (Fsp3) is 0.148. The molecule has 1 amide bonds. The van der Waals surface area contributed by atoms with Gasteiger partial charge in [0, 0.05) is 23.1 Å². The summed E-state index contributed by atoms with van der Waals surface area (Å²) < 4.78 is 7.20. The van der Waals surface area contributed by atoms with Crippen molar-refractivity contribution in [3.8, 4) is 17.0 Å². The number of nitrogens with one attached hydrogen (secondary N) is 1. The molecule has 0 aliphatic carbocycles. The maximum atomic E-state index is 11.8. The predicted octanol–water partition coefficient (Wildman–Crippen LogP) is 5.69. The van der Waals surface area contributed by atoms with E-state index in [1.165, 1.54) is 29.0 Å². The molecule has 3 aromatic carbocycles. The molecule has 186 valence electrons. The van der Waals surface area contributed by atoms with Crippen molar-refractivity contribution in [3.05, 3.63) is 98.2 Å². The second-order valence-corrected chi connectivity index (χ2v) is 9.55. The predicted molar refractivity (Wildman–Crippen MR) is 144 cm³/mol. The second-order valence-electron chi connectivity index (χ2n) is 8.71. The molecule has 0 saturated heterocycles. The first-order chi connectivity index (χ1) is 17.9. The number of nitro groups is 1. The minimum atomic E-state index is -0.438. The summed E-state index contributed by atoms with van der Waals surface area (Å²) in [6.07, 6.45) is 1.63. The third-order valence-corrected chi connectivity index (χ3v) is 6.62. The van der Waals surface area contributed by atoms with Crippen molar-refractivity contribution in [2.24, 2.45) is 10.1 Å². The van der Waals surface area contributed by atoms with Gasteiger partial charge in [-0.2, -0.15) is 5.10 Å². The Kier molecular flexibility index (Phi) is 6.65. The highest BCUT2D eigenvalue weighted by molar-refractivity contribution is 7.07. The molecule has 0 atom stereocenters. The van der Waals surface area contributed by atoms with Crippen molar-refractivity contribution < 1.29 is 14.5 Å². The summed E-state index contributed by atoms with van der Waals surface area (Å²) >= 11 is 1.43. The molecular weight excluding hydrogens is 490 g/mol. The van der Waals surface area contributed by atoms with Crippen LogP contribution in [-0.2, 0) is 4.79 Å². The van der Waals surface area contributed by atoms with Gasteiger partial charge in [-0.15, -0.1) is 11.3 Å². The fourth-order valence-corrected chi connectivity index (χ4v) is 4.64. The zero-order valence-corrected chi connectivity index (χ0v) is 20.9. The van der Waals surface area contributed by atoms with Crippen molar-refractivity contribution in [2.75, 3.05) is 11.9 Å². The molecule has 10 heteroatoms. The van der Waals surface area contributed by atoms with E-state index >= 15 is 0 Å². The molecule has 4 aromatic rings. The molecule has 0 unspecified atom stereocenters. The van der Waals surface area contributed by atoms with Gasteiger partial charge < -0.3 is 10.1 Å². The number of hydrogen-bond donors (Lipinski definition) is 1. The summed E-state index contributed by atoms with van der Waals surface area (Å²) in [5.41, 5.74) is 4.92. The van der Waals surface area contributed by atoms with Gasteiger partial charge in [0.2, 0.25) is 4.80 Å². The monoisotopic (exact) mass is 513 g/mol. The van der Waals surface area contributed by atoms with Crippen LogP contribution in [0, 0.1) is 10.1 Å². The van der Waals surface area contributed by atoms with E-state index in [0.717, 1.165) is 16.9 Å². The van der Waals surface area contributed by atoms with E-state index < -0.39 is 4.92 Å². The minimum Gasteiger partial charge on any atom is -0.482 e. The summed E-state index contributed by atoms with van der Waals surface area (Å²) in [6.45, 7) is 4.28. The average Bonchev–Trinajstić information content (AvgIpc) is 3.29. The van der Waals surface area contributed by atoms with Crippen LogP contribution in [0.5, 0.6) is 5.75 Å². The van der Waals surface area contributed by atoms with Gasteiger partial charge in [-0.05, 0) is 59.5 Å². The summed E-state index contributed by atoms with van der Waals surface area (Å²) in [5, 5.41) is 20.4. The van der Waals surface area contributed by atoms with Gasteiger partial charge in [-0.1, -0.05) is 26.0 Å². The van der Waals surface area contributed by atoms with Gasteiger partial charge in [-0.3, -0.25) is 14.9 Å². The van der Waals surface area contributed by atoms with Gasteiger partial charge in [0.25, 0.3) is 11.6 Å². The number of nitro benzene ring substituents is 1. The number of ether oxygens (including phenoxy) is 1. The molecule has 0 bridgehead atoms. The SMILES string of the molecule is CC(C)c1ccc(N=c2scc(-c3ccc4c(c3)NC(=O)CO4)n2N=Cc2ccc([N+](=O)[O-])cc2)cc1. The Hall–Kier alpha value is -4.57. The number of hydrogen-bond acceptors (Lipinski definition) is 7. The van der Waals surface area contributed by atoms with Crippen molar-refractivity contribution >= 4 is 40.5 Å². The van der Waals surface area contributed by atoms with E-state index in [4.69, 9.17) is 9.73 Å². The van der Waals surface area contributed by atoms with Crippen molar-refractivity contribution in [2.45, 2.75) is 19.8 Å². The Balaban J connectivity index is 1.58. The molecule has 5 rings (SSSR count). The highest BCUT2D eigenvalue weighted by Gasteiger charge is 2.18. The second kappa shape index (κ2) is 10.2. The average molecular weight is 514 g/mol. The Bertz CT molecular complexity index is 1570. The molecule has 0 fully saturated rings. The summed E-state index contributed by atoms with van der Waals surface area (Å²) in [5.74, 6) is 0.821. The molecule has 1 aliphatic heterocycles. The Morgan fingerprint density at radius 1 is 1.11 bits per heavy atom. The molecule has 0 radical (unpaired) electrons. The van der Waals surface area contributed by atoms with Crippen LogP contribution in [0.2, 0.25) is 0 Å². The van der Waals surface area contributed by atoms with Crippen LogP contribution < -0.4 is 14.9 Å². The van der Waals surface area contributed by atoms with E-state index in [1.54, 1.807) is 23.0 Å². The van der Waals surface area contributed by atoms with Gasteiger partial charge in [-0.25, -0.2) is 9.67 Å². The summed E-state index contributed by atoms with van der Waals surface area (Å²) in [4.78, 5) is 27.8. The largest absolute Gasteiger partial charge is 0.482 e. The minimum absolute atomic E-state index is 0.0110. The molecule has 0 saturated carbocycles. The highest BCUT2D eigenvalue weighted by atomic mass is 32.1. The van der Waals surface area contributed by atoms with E-state index in [1.807, 2.05) is 35.7 Å². The van der Waals surface area contributed by atoms with E-state index in [9.17, 15) is 14.9 Å². The molecule has 37 heavy (non-hydrogen) atoms. The van der Waals surface area contributed by atoms with E-state index in [0.29, 0.717) is 27.7 Å². The molecule has 1 aliphatic rings. The first kappa shape index (κ1) is 24.1. The number of thiazole rings is 1. The third kappa shape index (κ3) is 5.34. The number of aromatic nitrogens is 1. The van der Waals surface area contributed by atoms with Gasteiger partial charge in [0.1, 0.15) is 5.75 Å². The van der Waals surface area contributed by atoms with Crippen LogP contribution in [0.3, 0.4) is 0 Å². The van der Waals surface area contributed by atoms with Gasteiger partial charge in [0.15, 0.2) is 6.61 Å². The molecule has 2 heterocycles. The number of anilines is 1. The molecular formula is C27H23N5O4S.